The van der Waals surface area contributed by atoms with Crippen molar-refractivity contribution in [1.29, 1.82) is 0 Å². The van der Waals surface area contributed by atoms with Crippen LogP contribution in [0.1, 0.15) is 36.8 Å². The maximum Gasteiger partial charge on any atom is 0.420 e. The lowest BCUT2D eigenvalue weighted by atomic mass is 9.87. The van der Waals surface area contributed by atoms with Gasteiger partial charge >= 0.3 is 6.18 Å². The molecule has 0 amide bonds. The van der Waals surface area contributed by atoms with Gasteiger partial charge in [-0.05, 0) is 25.0 Å². The Labute approximate surface area is 118 Å². The van der Waals surface area contributed by atoms with Crippen LogP contribution in [0.2, 0.25) is 5.02 Å². The number of isocyanates is 1. The van der Waals surface area contributed by atoms with Crippen LogP contribution in [0, 0.1) is 0 Å². The Morgan fingerprint density at radius 3 is 2.40 bits per heavy atom. The molecule has 1 aromatic carbocycles. The van der Waals surface area contributed by atoms with Crippen LogP contribution in [-0.2, 0) is 16.5 Å². The van der Waals surface area contributed by atoms with Gasteiger partial charge in [0.15, 0.2) is 0 Å². The smallest absolute Gasteiger partial charge is 0.420 e. The zero-order valence-electron chi connectivity index (χ0n) is 10.3. The van der Waals surface area contributed by atoms with Gasteiger partial charge in [-0.25, -0.2) is 4.79 Å². The van der Waals surface area contributed by atoms with Gasteiger partial charge in [-0.1, -0.05) is 24.4 Å². The van der Waals surface area contributed by atoms with Crippen molar-refractivity contribution in [2.75, 3.05) is 0 Å². The summed E-state index contributed by atoms with van der Waals surface area (Å²) in [5, 5.41) is 9.78. The van der Waals surface area contributed by atoms with Gasteiger partial charge in [-0.15, -0.1) is 0 Å². The Balaban J connectivity index is 2.68. The van der Waals surface area contributed by atoms with Crippen molar-refractivity contribution in [3.63, 3.8) is 0 Å². The minimum atomic E-state index is -4.73. The van der Waals surface area contributed by atoms with Crippen LogP contribution >= 0.6 is 11.6 Å². The van der Waals surface area contributed by atoms with Gasteiger partial charge in [-0.3, -0.25) is 0 Å². The van der Waals surface area contributed by atoms with E-state index < -0.39 is 23.0 Å². The zero-order valence-corrected chi connectivity index (χ0v) is 11.1. The van der Waals surface area contributed by atoms with Crippen molar-refractivity contribution < 1.29 is 23.1 Å². The van der Waals surface area contributed by atoms with E-state index in [9.17, 15) is 23.1 Å². The fraction of sp³-hybridized carbons (Fsp3) is 0.462. The monoisotopic (exact) mass is 305 g/mol. The Kier molecular flexibility index (Phi) is 3.80. The summed E-state index contributed by atoms with van der Waals surface area (Å²) in [6.07, 6.45) is -1.16. The molecular formula is C13H11ClF3NO2. The van der Waals surface area contributed by atoms with E-state index in [1.54, 1.807) is 0 Å². The molecule has 20 heavy (non-hydrogen) atoms. The van der Waals surface area contributed by atoms with Crippen LogP contribution in [0.3, 0.4) is 0 Å². The number of rotatable bonds is 2. The third kappa shape index (κ3) is 2.53. The summed E-state index contributed by atoms with van der Waals surface area (Å²) in [5.74, 6) is -0.914. The molecule has 108 valence electrons. The summed E-state index contributed by atoms with van der Waals surface area (Å²) >= 11 is 5.72. The molecule has 1 N–H and O–H groups in total. The van der Waals surface area contributed by atoms with E-state index in [2.05, 4.69) is 4.99 Å². The van der Waals surface area contributed by atoms with E-state index in [1.165, 1.54) is 12.1 Å². The first-order chi connectivity index (χ1) is 9.30. The van der Waals surface area contributed by atoms with Crippen LogP contribution in [0.5, 0.6) is 5.75 Å². The highest BCUT2D eigenvalue weighted by Crippen LogP contribution is 2.49. The minimum Gasteiger partial charge on any atom is -0.507 e. The van der Waals surface area contributed by atoms with E-state index in [0.717, 1.165) is 0 Å². The molecule has 1 fully saturated rings. The fourth-order valence-electron chi connectivity index (χ4n) is 2.66. The van der Waals surface area contributed by atoms with Crippen LogP contribution in [0.15, 0.2) is 17.1 Å². The SMILES string of the molecule is O=C=NC1(c2cc(Cl)cc(C(F)(F)F)c2O)CCCC1. The van der Waals surface area contributed by atoms with Crippen molar-refractivity contribution in [3.8, 4) is 5.75 Å². The lowest BCUT2D eigenvalue weighted by molar-refractivity contribution is -0.138. The summed E-state index contributed by atoms with van der Waals surface area (Å²) in [5.41, 5.74) is -2.43. The van der Waals surface area contributed by atoms with E-state index in [0.29, 0.717) is 31.7 Å². The maximum absolute atomic E-state index is 12.9. The first-order valence-electron chi connectivity index (χ1n) is 5.99. The van der Waals surface area contributed by atoms with Gasteiger partial charge in [0.25, 0.3) is 0 Å². The second-order valence-electron chi connectivity index (χ2n) is 4.79. The first-order valence-corrected chi connectivity index (χ1v) is 6.37. The lowest BCUT2D eigenvalue weighted by Gasteiger charge is -2.25. The molecule has 0 saturated heterocycles. The topological polar surface area (TPSA) is 49.7 Å². The Morgan fingerprint density at radius 2 is 1.90 bits per heavy atom. The molecule has 3 nitrogen and oxygen atoms in total. The second kappa shape index (κ2) is 5.11. The summed E-state index contributed by atoms with van der Waals surface area (Å²) in [7, 11) is 0. The van der Waals surface area contributed by atoms with Crippen LogP contribution in [0.4, 0.5) is 13.2 Å². The normalized spacial score (nSPS) is 17.8. The molecule has 7 heteroatoms. The predicted octanol–water partition coefficient (Wildman–Crippen LogP) is 4.17. The van der Waals surface area contributed by atoms with E-state index >= 15 is 0 Å². The van der Waals surface area contributed by atoms with Crippen molar-refractivity contribution in [1.82, 2.24) is 0 Å². The highest BCUT2D eigenvalue weighted by molar-refractivity contribution is 6.30. The predicted molar refractivity (Wildman–Crippen MR) is 66.4 cm³/mol. The summed E-state index contributed by atoms with van der Waals surface area (Å²) in [6.45, 7) is 0. The number of nitrogens with zero attached hydrogens (tertiary/aromatic N) is 1. The Bertz CT molecular complexity index is 574. The van der Waals surface area contributed by atoms with Crippen molar-refractivity contribution in [2.24, 2.45) is 4.99 Å². The van der Waals surface area contributed by atoms with Gasteiger partial charge in [-0.2, -0.15) is 18.2 Å². The summed E-state index contributed by atoms with van der Waals surface area (Å²) < 4.78 is 38.6. The number of hydrogen-bond donors (Lipinski definition) is 1. The molecule has 1 saturated carbocycles. The Morgan fingerprint density at radius 1 is 1.30 bits per heavy atom. The maximum atomic E-state index is 12.9. The molecule has 0 atom stereocenters. The molecule has 0 bridgehead atoms. The third-order valence-electron chi connectivity index (χ3n) is 3.57. The molecule has 2 rings (SSSR count). The first kappa shape index (κ1) is 14.9. The minimum absolute atomic E-state index is 0.0572. The molecule has 1 aliphatic carbocycles. The molecule has 0 spiro atoms. The van der Waals surface area contributed by atoms with Crippen LogP contribution in [0.25, 0.3) is 0 Å². The molecule has 0 heterocycles. The van der Waals surface area contributed by atoms with E-state index in [-0.39, 0.29) is 10.6 Å². The molecule has 0 radical (unpaired) electrons. The second-order valence-corrected chi connectivity index (χ2v) is 5.23. The van der Waals surface area contributed by atoms with Gasteiger partial charge in [0.2, 0.25) is 6.08 Å². The average Bonchev–Trinajstić information content (AvgIpc) is 2.80. The van der Waals surface area contributed by atoms with Crippen LogP contribution < -0.4 is 0 Å². The third-order valence-corrected chi connectivity index (χ3v) is 3.79. The van der Waals surface area contributed by atoms with E-state index in [4.69, 9.17) is 11.6 Å². The molecule has 0 aromatic heterocycles. The van der Waals surface area contributed by atoms with Gasteiger partial charge in [0.1, 0.15) is 11.3 Å². The largest absolute Gasteiger partial charge is 0.507 e. The zero-order chi connectivity index (χ0) is 15.0. The summed E-state index contributed by atoms with van der Waals surface area (Å²) in [6, 6.07) is 1.89. The van der Waals surface area contributed by atoms with Crippen LogP contribution in [-0.4, -0.2) is 11.2 Å². The van der Waals surface area contributed by atoms with Gasteiger partial charge in [0.05, 0.1) is 5.56 Å². The van der Waals surface area contributed by atoms with Crippen molar-refractivity contribution in [3.05, 3.63) is 28.3 Å². The number of hydrogen-bond acceptors (Lipinski definition) is 3. The number of alkyl halides is 3. The average molecular weight is 306 g/mol. The number of halogens is 4. The molecule has 1 aromatic rings. The summed E-state index contributed by atoms with van der Waals surface area (Å²) in [4.78, 5) is 14.2. The quantitative estimate of drug-likeness (QED) is 0.658. The number of phenols is 1. The molecule has 0 unspecified atom stereocenters. The number of carbonyl (C=O) groups excluding carboxylic acids is 1. The van der Waals surface area contributed by atoms with E-state index in [1.807, 2.05) is 0 Å². The van der Waals surface area contributed by atoms with Gasteiger partial charge < -0.3 is 5.11 Å². The lowest BCUT2D eigenvalue weighted by Crippen LogP contribution is -2.20. The number of phenolic OH excluding ortho intramolecular Hbond substituents is 1. The molecule has 1 aliphatic rings. The van der Waals surface area contributed by atoms with Crippen molar-refractivity contribution in [2.45, 2.75) is 37.4 Å². The molecular weight excluding hydrogens is 295 g/mol. The van der Waals surface area contributed by atoms with Crippen molar-refractivity contribution >= 4 is 17.7 Å². The fourth-order valence-corrected chi connectivity index (χ4v) is 2.88. The van der Waals surface area contributed by atoms with Gasteiger partial charge in [0, 0.05) is 10.6 Å². The Hall–Kier alpha value is -1.52. The molecule has 0 aliphatic heterocycles. The standard InChI is InChI=1S/C13H11ClF3NO2/c14-8-5-9(11(20)10(6-8)13(15,16)17)12(18-7-19)3-1-2-4-12/h5-6,20H,1-4H2. The number of aliphatic imine (C=N–C) groups is 1. The highest BCUT2D eigenvalue weighted by Gasteiger charge is 2.42. The highest BCUT2D eigenvalue weighted by atomic mass is 35.5. The number of aromatic hydroxyl groups is 1. The number of benzene rings is 1.